The van der Waals surface area contributed by atoms with Gasteiger partial charge >= 0.3 is 0 Å². The normalized spacial score (nSPS) is 12.2. The van der Waals surface area contributed by atoms with Crippen LogP contribution in [-0.4, -0.2) is 7.05 Å². The number of benzene rings is 2. The Balaban J connectivity index is 2.16. The average Bonchev–Trinajstić information content (AvgIpc) is 2.41. The molecule has 0 bridgehead atoms. The quantitative estimate of drug-likeness (QED) is 0.904. The number of halogens is 2. The Hall–Kier alpha value is -1.39. The van der Waals surface area contributed by atoms with Gasteiger partial charge in [-0.3, -0.25) is 0 Å². The van der Waals surface area contributed by atoms with E-state index in [1.165, 1.54) is 6.07 Å². The van der Waals surface area contributed by atoms with Gasteiger partial charge in [0.2, 0.25) is 0 Å². The van der Waals surface area contributed by atoms with Gasteiger partial charge in [-0.2, -0.15) is 0 Å². The Kier molecular flexibility index (Phi) is 4.78. The number of anilines is 1. The van der Waals surface area contributed by atoms with Crippen molar-refractivity contribution in [2.75, 3.05) is 11.9 Å². The third-order valence-electron chi connectivity index (χ3n) is 3.24. The van der Waals surface area contributed by atoms with Crippen molar-refractivity contribution in [1.29, 1.82) is 0 Å². The van der Waals surface area contributed by atoms with E-state index in [1.807, 2.05) is 49.2 Å². The molecular formula is C16H18BrFN2. The van der Waals surface area contributed by atoms with Crippen LogP contribution in [0, 0.1) is 5.82 Å². The maximum absolute atomic E-state index is 14.1. The van der Waals surface area contributed by atoms with Gasteiger partial charge in [-0.15, -0.1) is 0 Å². The van der Waals surface area contributed by atoms with Crippen LogP contribution >= 0.6 is 15.9 Å². The molecule has 0 unspecified atom stereocenters. The lowest BCUT2D eigenvalue weighted by atomic mass is 10.1. The summed E-state index contributed by atoms with van der Waals surface area (Å²) in [4.78, 5) is 1.89. The van der Waals surface area contributed by atoms with Gasteiger partial charge in [0.15, 0.2) is 0 Å². The van der Waals surface area contributed by atoms with Crippen LogP contribution in [0.15, 0.2) is 46.9 Å². The summed E-state index contributed by atoms with van der Waals surface area (Å²) in [5.74, 6) is -0.237. The molecule has 2 aromatic rings. The molecule has 0 aliphatic carbocycles. The van der Waals surface area contributed by atoms with Crippen molar-refractivity contribution in [3.63, 3.8) is 0 Å². The van der Waals surface area contributed by atoms with E-state index < -0.39 is 0 Å². The van der Waals surface area contributed by atoms with Crippen molar-refractivity contribution in [2.45, 2.75) is 19.5 Å². The number of nitrogens with zero attached hydrogens (tertiary/aromatic N) is 1. The number of hydrogen-bond acceptors (Lipinski definition) is 2. The summed E-state index contributed by atoms with van der Waals surface area (Å²) >= 11 is 3.40. The van der Waals surface area contributed by atoms with Crippen LogP contribution in [0.2, 0.25) is 0 Å². The zero-order valence-corrected chi connectivity index (χ0v) is 13.2. The molecule has 2 nitrogen and oxygen atoms in total. The van der Waals surface area contributed by atoms with E-state index in [4.69, 9.17) is 5.73 Å². The molecule has 0 spiro atoms. The Morgan fingerprint density at radius 1 is 1.20 bits per heavy atom. The second-order valence-corrected chi connectivity index (χ2v) is 5.90. The fourth-order valence-electron chi connectivity index (χ4n) is 2.06. The first-order valence-electron chi connectivity index (χ1n) is 6.48. The van der Waals surface area contributed by atoms with Crippen molar-refractivity contribution in [3.8, 4) is 0 Å². The lowest BCUT2D eigenvalue weighted by Gasteiger charge is -2.21. The van der Waals surface area contributed by atoms with Crippen molar-refractivity contribution in [2.24, 2.45) is 5.73 Å². The maximum Gasteiger partial charge on any atom is 0.146 e. The minimum absolute atomic E-state index is 0.157. The van der Waals surface area contributed by atoms with Crippen LogP contribution in [0.5, 0.6) is 0 Å². The monoisotopic (exact) mass is 336 g/mol. The van der Waals surface area contributed by atoms with E-state index >= 15 is 0 Å². The first kappa shape index (κ1) is 15.0. The fraction of sp³-hybridized carbons (Fsp3) is 0.250. The Labute approximate surface area is 127 Å². The second kappa shape index (κ2) is 6.37. The van der Waals surface area contributed by atoms with E-state index in [1.54, 1.807) is 6.07 Å². The van der Waals surface area contributed by atoms with Gasteiger partial charge in [-0.1, -0.05) is 34.1 Å². The van der Waals surface area contributed by atoms with Crippen LogP contribution in [0.1, 0.15) is 24.1 Å². The van der Waals surface area contributed by atoms with Crippen molar-refractivity contribution >= 4 is 21.6 Å². The molecule has 0 aliphatic heterocycles. The minimum Gasteiger partial charge on any atom is -0.368 e. The first-order valence-corrected chi connectivity index (χ1v) is 7.27. The highest BCUT2D eigenvalue weighted by atomic mass is 79.9. The number of hydrogen-bond donors (Lipinski definition) is 1. The highest BCUT2D eigenvalue weighted by Gasteiger charge is 2.10. The predicted molar refractivity (Wildman–Crippen MR) is 85.3 cm³/mol. The molecule has 106 valence electrons. The van der Waals surface area contributed by atoms with Crippen LogP contribution in [-0.2, 0) is 6.54 Å². The Morgan fingerprint density at radius 3 is 2.40 bits per heavy atom. The van der Waals surface area contributed by atoms with Crippen LogP contribution < -0.4 is 10.6 Å². The van der Waals surface area contributed by atoms with E-state index in [0.29, 0.717) is 12.2 Å². The summed E-state index contributed by atoms with van der Waals surface area (Å²) in [7, 11) is 1.88. The smallest absolute Gasteiger partial charge is 0.146 e. The van der Waals surface area contributed by atoms with Gasteiger partial charge in [0.05, 0.1) is 5.69 Å². The highest BCUT2D eigenvalue weighted by Crippen LogP contribution is 2.23. The molecule has 0 aromatic heterocycles. The van der Waals surface area contributed by atoms with E-state index in [2.05, 4.69) is 15.9 Å². The lowest BCUT2D eigenvalue weighted by Crippen LogP contribution is -2.18. The van der Waals surface area contributed by atoms with E-state index in [9.17, 15) is 4.39 Å². The van der Waals surface area contributed by atoms with Crippen LogP contribution in [0.4, 0.5) is 10.1 Å². The summed E-state index contributed by atoms with van der Waals surface area (Å²) in [5.41, 5.74) is 8.28. The molecule has 2 aromatic carbocycles. The molecule has 0 aliphatic rings. The Bertz CT molecular complexity index is 582. The zero-order valence-electron chi connectivity index (χ0n) is 11.6. The molecular weight excluding hydrogens is 319 g/mol. The summed E-state index contributed by atoms with van der Waals surface area (Å²) in [6, 6.07) is 13.0. The average molecular weight is 337 g/mol. The zero-order chi connectivity index (χ0) is 14.7. The van der Waals surface area contributed by atoms with Gasteiger partial charge in [-0.05, 0) is 42.3 Å². The van der Waals surface area contributed by atoms with Gasteiger partial charge in [0.1, 0.15) is 5.82 Å². The topological polar surface area (TPSA) is 29.3 Å². The van der Waals surface area contributed by atoms with Gasteiger partial charge in [-0.25, -0.2) is 4.39 Å². The molecule has 0 heterocycles. The number of nitrogens with two attached hydrogens (primary N) is 1. The third-order valence-corrected chi connectivity index (χ3v) is 3.77. The van der Waals surface area contributed by atoms with E-state index in [0.717, 1.165) is 15.6 Å². The van der Waals surface area contributed by atoms with E-state index in [-0.39, 0.29) is 11.9 Å². The van der Waals surface area contributed by atoms with Crippen molar-refractivity contribution in [3.05, 3.63) is 63.9 Å². The largest absolute Gasteiger partial charge is 0.368 e. The van der Waals surface area contributed by atoms with Crippen molar-refractivity contribution in [1.82, 2.24) is 0 Å². The highest BCUT2D eigenvalue weighted by molar-refractivity contribution is 9.10. The van der Waals surface area contributed by atoms with Crippen LogP contribution in [0.25, 0.3) is 0 Å². The SMILES string of the molecule is C[C@@H](N)c1ccc(N(C)Cc2ccc(Br)cc2)c(F)c1. The van der Waals surface area contributed by atoms with Gasteiger partial charge in [0.25, 0.3) is 0 Å². The molecule has 0 saturated heterocycles. The summed E-state index contributed by atoms with van der Waals surface area (Å²) in [5, 5.41) is 0. The molecule has 1 atom stereocenters. The predicted octanol–water partition coefficient (Wildman–Crippen LogP) is 4.24. The molecule has 20 heavy (non-hydrogen) atoms. The maximum atomic E-state index is 14.1. The molecule has 0 saturated carbocycles. The lowest BCUT2D eigenvalue weighted by molar-refractivity contribution is 0.617. The number of rotatable bonds is 4. The molecule has 4 heteroatoms. The third kappa shape index (κ3) is 3.58. The van der Waals surface area contributed by atoms with Crippen LogP contribution in [0.3, 0.4) is 0 Å². The summed E-state index contributed by atoms with van der Waals surface area (Å²) in [6.07, 6.45) is 0. The minimum atomic E-state index is -0.237. The molecule has 0 fully saturated rings. The molecule has 0 amide bonds. The molecule has 2 rings (SSSR count). The van der Waals surface area contributed by atoms with Gasteiger partial charge in [0, 0.05) is 24.1 Å². The molecule has 2 N–H and O–H groups in total. The standard InChI is InChI=1S/C16H18BrFN2/c1-11(19)13-5-8-16(15(18)9-13)20(2)10-12-3-6-14(17)7-4-12/h3-9,11H,10,19H2,1-2H3/t11-/m1/s1. The fourth-order valence-corrected chi connectivity index (χ4v) is 2.33. The van der Waals surface area contributed by atoms with Crippen molar-refractivity contribution < 1.29 is 4.39 Å². The summed E-state index contributed by atoms with van der Waals surface area (Å²) < 4.78 is 15.2. The van der Waals surface area contributed by atoms with Gasteiger partial charge < -0.3 is 10.6 Å². The first-order chi connectivity index (χ1) is 9.47. The second-order valence-electron chi connectivity index (χ2n) is 4.98. The summed E-state index contributed by atoms with van der Waals surface area (Å²) in [6.45, 7) is 2.50. The Morgan fingerprint density at radius 2 is 1.85 bits per heavy atom. The molecule has 0 radical (unpaired) electrons.